The highest BCUT2D eigenvalue weighted by atomic mass is 16.4. The molecular formula is C13H24N2O2. The smallest absolute Gasteiger partial charge is 0.308 e. The molecule has 0 bridgehead atoms. The number of rotatable bonds is 3. The van der Waals surface area contributed by atoms with Crippen molar-refractivity contribution >= 4 is 5.97 Å². The Balaban J connectivity index is 1.97. The van der Waals surface area contributed by atoms with Crippen LogP contribution in [0.4, 0.5) is 0 Å². The van der Waals surface area contributed by atoms with Crippen LogP contribution in [0.5, 0.6) is 0 Å². The van der Waals surface area contributed by atoms with Gasteiger partial charge in [-0.05, 0) is 26.3 Å². The molecule has 1 N–H and O–H groups in total. The molecule has 1 heterocycles. The van der Waals surface area contributed by atoms with Crippen molar-refractivity contribution in [2.75, 3.05) is 26.2 Å². The van der Waals surface area contributed by atoms with Gasteiger partial charge in [0.25, 0.3) is 0 Å². The zero-order valence-electron chi connectivity index (χ0n) is 10.9. The van der Waals surface area contributed by atoms with Crippen LogP contribution in [0.25, 0.3) is 0 Å². The zero-order chi connectivity index (χ0) is 12.4. The van der Waals surface area contributed by atoms with E-state index < -0.39 is 5.97 Å². The Labute approximate surface area is 104 Å². The summed E-state index contributed by atoms with van der Waals surface area (Å²) in [6.07, 6.45) is 3.00. The maximum Gasteiger partial charge on any atom is 0.308 e. The van der Waals surface area contributed by atoms with Gasteiger partial charge in [0.1, 0.15) is 0 Å². The first-order valence-corrected chi connectivity index (χ1v) is 6.84. The maximum absolute atomic E-state index is 11.2. The average molecular weight is 240 g/mol. The fourth-order valence-electron chi connectivity index (χ4n) is 3.46. The summed E-state index contributed by atoms with van der Waals surface area (Å²) >= 11 is 0. The van der Waals surface area contributed by atoms with Crippen LogP contribution < -0.4 is 0 Å². The lowest BCUT2D eigenvalue weighted by Crippen LogP contribution is -2.55. The van der Waals surface area contributed by atoms with Gasteiger partial charge in [-0.3, -0.25) is 14.6 Å². The Morgan fingerprint density at radius 2 is 2.12 bits per heavy atom. The molecule has 1 saturated heterocycles. The van der Waals surface area contributed by atoms with Crippen molar-refractivity contribution in [3.8, 4) is 0 Å². The molecule has 4 nitrogen and oxygen atoms in total. The van der Waals surface area contributed by atoms with E-state index in [4.69, 9.17) is 0 Å². The molecule has 4 heteroatoms. The van der Waals surface area contributed by atoms with Crippen LogP contribution in [0.2, 0.25) is 0 Å². The van der Waals surface area contributed by atoms with Crippen molar-refractivity contribution < 1.29 is 9.90 Å². The van der Waals surface area contributed by atoms with E-state index in [-0.39, 0.29) is 12.0 Å². The second kappa shape index (κ2) is 5.36. The van der Waals surface area contributed by atoms with E-state index in [2.05, 4.69) is 23.6 Å². The van der Waals surface area contributed by atoms with Gasteiger partial charge in [-0.15, -0.1) is 0 Å². The number of hydrogen-bond acceptors (Lipinski definition) is 3. The Hall–Kier alpha value is -0.610. The highest BCUT2D eigenvalue weighted by Crippen LogP contribution is 2.31. The van der Waals surface area contributed by atoms with Crippen molar-refractivity contribution in [3.63, 3.8) is 0 Å². The molecule has 98 valence electrons. The molecule has 17 heavy (non-hydrogen) atoms. The van der Waals surface area contributed by atoms with Crippen molar-refractivity contribution in [3.05, 3.63) is 0 Å². The monoisotopic (exact) mass is 240 g/mol. The van der Waals surface area contributed by atoms with Crippen molar-refractivity contribution in [2.24, 2.45) is 5.92 Å². The lowest BCUT2D eigenvalue weighted by molar-refractivity contribution is -0.143. The van der Waals surface area contributed by atoms with Gasteiger partial charge >= 0.3 is 5.97 Å². The summed E-state index contributed by atoms with van der Waals surface area (Å²) < 4.78 is 0. The first-order valence-electron chi connectivity index (χ1n) is 6.84. The van der Waals surface area contributed by atoms with Crippen molar-refractivity contribution in [1.82, 2.24) is 9.80 Å². The third kappa shape index (κ3) is 2.63. The second-order valence-electron chi connectivity index (χ2n) is 5.42. The number of hydrogen-bond donors (Lipinski definition) is 1. The van der Waals surface area contributed by atoms with Gasteiger partial charge in [0.05, 0.1) is 5.92 Å². The third-order valence-electron chi connectivity index (χ3n) is 4.47. The Bertz CT molecular complexity index is 283. The van der Waals surface area contributed by atoms with Gasteiger partial charge < -0.3 is 5.11 Å². The quantitative estimate of drug-likeness (QED) is 0.806. The van der Waals surface area contributed by atoms with Gasteiger partial charge in [0.15, 0.2) is 0 Å². The average Bonchev–Trinajstić information content (AvgIpc) is 2.77. The summed E-state index contributed by atoms with van der Waals surface area (Å²) in [4.78, 5) is 16.1. The van der Waals surface area contributed by atoms with Crippen LogP contribution in [-0.4, -0.2) is 59.1 Å². The third-order valence-corrected chi connectivity index (χ3v) is 4.47. The summed E-state index contributed by atoms with van der Waals surface area (Å²) in [5.74, 6) is -0.728. The van der Waals surface area contributed by atoms with E-state index in [0.717, 1.165) is 45.4 Å². The number of aliphatic carboxylic acids is 1. The summed E-state index contributed by atoms with van der Waals surface area (Å²) in [5, 5.41) is 9.24. The standard InChI is InChI=1S/C13H24N2O2/c1-3-14-7-8-15(9-10(14)2)12-6-4-5-11(12)13(16)17/h10-12H,3-9H2,1-2H3,(H,16,17). The normalized spacial score (nSPS) is 36.2. The molecule has 3 atom stereocenters. The number of carboxylic acid groups (broad SMARTS) is 1. The van der Waals surface area contributed by atoms with E-state index in [0.29, 0.717) is 6.04 Å². The summed E-state index contributed by atoms with van der Waals surface area (Å²) in [7, 11) is 0. The van der Waals surface area contributed by atoms with Gasteiger partial charge in [-0.25, -0.2) is 0 Å². The second-order valence-corrected chi connectivity index (χ2v) is 5.42. The number of nitrogens with zero attached hydrogens (tertiary/aromatic N) is 2. The largest absolute Gasteiger partial charge is 0.481 e. The van der Waals surface area contributed by atoms with Crippen LogP contribution in [-0.2, 0) is 4.79 Å². The molecular weight excluding hydrogens is 216 g/mol. The van der Waals surface area contributed by atoms with Gasteiger partial charge in [0, 0.05) is 31.7 Å². The van der Waals surface area contributed by atoms with E-state index in [1.54, 1.807) is 0 Å². The lowest BCUT2D eigenvalue weighted by atomic mass is 10.0. The fourth-order valence-corrected chi connectivity index (χ4v) is 3.46. The van der Waals surface area contributed by atoms with Crippen LogP contribution in [0.1, 0.15) is 33.1 Å². The predicted molar refractivity (Wildman–Crippen MR) is 67.0 cm³/mol. The van der Waals surface area contributed by atoms with Gasteiger partial charge in [0.2, 0.25) is 0 Å². The minimum Gasteiger partial charge on any atom is -0.481 e. The summed E-state index contributed by atoms with van der Waals surface area (Å²) in [6.45, 7) is 8.69. The molecule has 2 rings (SSSR count). The van der Waals surface area contributed by atoms with Crippen LogP contribution in [0.15, 0.2) is 0 Å². The topological polar surface area (TPSA) is 43.8 Å². The predicted octanol–water partition coefficient (Wildman–Crippen LogP) is 1.27. The number of carbonyl (C=O) groups is 1. The minimum absolute atomic E-state index is 0.129. The highest BCUT2D eigenvalue weighted by Gasteiger charge is 2.38. The SMILES string of the molecule is CCN1CCN(C2CCCC2C(=O)O)CC1C. The molecule has 1 saturated carbocycles. The number of likely N-dealkylation sites (N-methyl/N-ethyl adjacent to an activating group) is 1. The molecule has 2 aliphatic rings. The summed E-state index contributed by atoms with van der Waals surface area (Å²) in [5.41, 5.74) is 0. The molecule has 0 aromatic rings. The van der Waals surface area contributed by atoms with Gasteiger partial charge in [-0.1, -0.05) is 13.3 Å². The molecule has 0 amide bonds. The van der Waals surface area contributed by atoms with E-state index in [9.17, 15) is 9.90 Å². The molecule has 1 aliphatic heterocycles. The van der Waals surface area contributed by atoms with E-state index >= 15 is 0 Å². The van der Waals surface area contributed by atoms with E-state index in [1.807, 2.05) is 0 Å². The van der Waals surface area contributed by atoms with Crippen LogP contribution >= 0.6 is 0 Å². The zero-order valence-corrected chi connectivity index (χ0v) is 10.9. The molecule has 0 aromatic carbocycles. The molecule has 0 radical (unpaired) electrons. The maximum atomic E-state index is 11.2. The Kier molecular flexibility index (Phi) is 4.05. The van der Waals surface area contributed by atoms with E-state index in [1.165, 1.54) is 0 Å². The lowest BCUT2D eigenvalue weighted by Gasteiger charge is -2.43. The van der Waals surface area contributed by atoms with Crippen LogP contribution in [0.3, 0.4) is 0 Å². The molecule has 0 spiro atoms. The molecule has 0 aromatic heterocycles. The van der Waals surface area contributed by atoms with Gasteiger partial charge in [-0.2, -0.15) is 0 Å². The Morgan fingerprint density at radius 1 is 1.35 bits per heavy atom. The van der Waals surface area contributed by atoms with Crippen molar-refractivity contribution in [1.29, 1.82) is 0 Å². The molecule has 1 aliphatic carbocycles. The summed E-state index contributed by atoms with van der Waals surface area (Å²) in [6, 6.07) is 0.845. The van der Waals surface area contributed by atoms with Crippen LogP contribution in [0, 0.1) is 5.92 Å². The minimum atomic E-state index is -0.599. The first kappa shape index (κ1) is 12.8. The fraction of sp³-hybridized carbons (Fsp3) is 0.923. The number of carboxylic acids is 1. The molecule has 3 unspecified atom stereocenters. The Morgan fingerprint density at radius 3 is 2.71 bits per heavy atom. The van der Waals surface area contributed by atoms with Crippen molar-refractivity contribution in [2.45, 2.75) is 45.2 Å². The molecule has 2 fully saturated rings. The first-order chi connectivity index (χ1) is 8.13. The highest BCUT2D eigenvalue weighted by molar-refractivity contribution is 5.71. The number of piperazine rings is 1.